The Morgan fingerprint density at radius 1 is 0.583 bits per heavy atom. The lowest BCUT2D eigenvalue weighted by atomic mass is 9.91. The Kier molecular flexibility index (Phi) is 9.70. The third-order valence-electron chi connectivity index (χ3n) is 7.15. The number of imide groups is 2. The van der Waals surface area contributed by atoms with E-state index in [2.05, 4.69) is 20.0 Å². The lowest BCUT2D eigenvalue weighted by molar-refractivity contribution is -0.129. The van der Waals surface area contributed by atoms with Crippen LogP contribution in [0.2, 0.25) is 0 Å². The molecule has 0 radical (unpaired) electrons. The molecule has 0 aromatic heterocycles. The maximum atomic E-state index is 14.3. The van der Waals surface area contributed by atoms with E-state index in [1.165, 1.54) is 57.6 Å². The van der Waals surface area contributed by atoms with Crippen molar-refractivity contribution >= 4 is 76.3 Å². The van der Waals surface area contributed by atoms with Crippen molar-refractivity contribution in [3.63, 3.8) is 0 Å². The number of isocyanates is 4. The third kappa shape index (κ3) is 6.02. The van der Waals surface area contributed by atoms with Crippen LogP contribution in [0.15, 0.2) is 56.4 Å². The fourth-order valence-electron chi connectivity index (χ4n) is 4.83. The number of amides is 4. The number of rotatable bonds is 9. The van der Waals surface area contributed by atoms with Gasteiger partial charge in [0.1, 0.15) is 17.4 Å². The molecule has 1 saturated heterocycles. The molecule has 1 atom stereocenters. The maximum Gasteiger partial charge on any atom is 0.342 e. The minimum atomic E-state index is -1.93. The molecule has 0 saturated carbocycles. The number of hydrogen-bond donors (Lipinski definition) is 0. The molecule has 3 aromatic rings. The predicted molar refractivity (Wildman–Crippen MR) is 160 cm³/mol. The summed E-state index contributed by atoms with van der Waals surface area (Å²) in [6, 6.07) is 5.46. The van der Waals surface area contributed by atoms with Gasteiger partial charge in [-0.25, -0.2) is 33.8 Å². The van der Waals surface area contributed by atoms with Gasteiger partial charge in [0.05, 0.1) is 34.1 Å². The standard InChI is InChI=1S/C31H16N8O9/c1-16-23(35-13-41)6-20(7-24(16)36-14-42)38-29(44)28(19-4-22(34-12-40)17(2)26(5-19)47-10-32)30(45)39(31(38)46)21-8-25(37-15-43)18(3)27(9-21)48-11-33/h4-9,28H,1-3H3. The van der Waals surface area contributed by atoms with Crippen LogP contribution in [0.3, 0.4) is 0 Å². The van der Waals surface area contributed by atoms with Crippen molar-refractivity contribution < 1.29 is 43.0 Å². The lowest BCUT2D eigenvalue weighted by Gasteiger charge is -2.37. The minimum absolute atomic E-state index is 0.133. The quantitative estimate of drug-likeness (QED) is 0.136. The largest absolute Gasteiger partial charge is 0.388 e. The van der Waals surface area contributed by atoms with Crippen LogP contribution < -0.4 is 19.3 Å². The monoisotopic (exact) mass is 644 g/mol. The van der Waals surface area contributed by atoms with E-state index in [1.807, 2.05) is 0 Å². The average Bonchev–Trinajstić information content (AvgIpc) is 3.04. The van der Waals surface area contributed by atoms with Gasteiger partial charge < -0.3 is 9.47 Å². The maximum absolute atomic E-state index is 14.3. The summed E-state index contributed by atoms with van der Waals surface area (Å²) >= 11 is 0. The summed E-state index contributed by atoms with van der Waals surface area (Å²) in [5.41, 5.74) is -0.934. The predicted octanol–water partition coefficient (Wildman–Crippen LogP) is 4.48. The van der Waals surface area contributed by atoms with Gasteiger partial charge in [0, 0.05) is 22.8 Å². The van der Waals surface area contributed by atoms with Crippen molar-refractivity contribution in [2.24, 2.45) is 20.0 Å². The van der Waals surface area contributed by atoms with Crippen LogP contribution in [0, 0.1) is 43.8 Å². The Hall–Kier alpha value is -7.63. The molecule has 17 heteroatoms. The Balaban J connectivity index is 2.11. The summed E-state index contributed by atoms with van der Waals surface area (Å²) in [7, 11) is 0. The second kappa shape index (κ2) is 14.0. The van der Waals surface area contributed by atoms with Gasteiger partial charge in [-0.2, -0.15) is 20.0 Å². The summed E-state index contributed by atoms with van der Waals surface area (Å²) in [6.45, 7) is 4.30. The Morgan fingerprint density at radius 2 is 0.958 bits per heavy atom. The molecule has 1 aliphatic rings. The number of barbiturate groups is 1. The first-order chi connectivity index (χ1) is 23.1. The number of carbonyl (C=O) groups is 3. The zero-order valence-corrected chi connectivity index (χ0v) is 24.8. The van der Waals surface area contributed by atoms with Crippen LogP contribution in [0.5, 0.6) is 11.5 Å². The van der Waals surface area contributed by atoms with E-state index >= 15 is 0 Å². The lowest BCUT2D eigenvalue weighted by Crippen LogP contribution is -2.59. The topological polar surface area (TPSA) is 241 Å². The number of carbonyl (C=O) groups excluding carboxylic acids is 7. The molecule has 1 unspecified atom stereocenters. The number of urea groups is 1. The molecule has 4 rings (SSSR count). The van der Waals surface area contributed by atoms with E-state index in [0.29, 0.717) is 9.80 Å². The molecule has 1 fully saturated rings. The SMILES string of the molecule is Cc1c(N=C=O)cc(N2C(=O)C(c3cc(N=C=O)c(C)c(OC#N)c3)C(=O)N(c3cc(N=C=O)c(C)c(OC#N)c3)C2=O)cc1N=C=O. The van der Waals surface area contributed by atoms with Crippen LogP contribution in [0.4, 0.5) is 38.9 Å². The van der Waals surface area contributed by atoms with Gasteiger partial charge in [0.2, 0.25) is 24.3 Å². The number of nitriles is 2. The third-order valence-corrected chi connectivity index (χ3v) is 7.15. The highest BCUT2D eigenvalue weighted by molar-refractivity contribution is 6.38. The first-order valence-electron chi connectivity index (χ1n) is 13.2. The van der Waals surface area contributed by atoms with Gasteiger partial charge in [-0.15, -0.1) is 10.5 Å². The number of hydrogen-bond acceptors (Lipinski definition) is 15. The average molecular weight is 645 g/mol. The Labute approximate surface area is 269 Å². The smallest absolute Gasteiger partial charge is 0.342 e. The molecule has 234 valence electrons. The molecule has 17 nitrogen and oxygen atoms in total. The second-order valence-corrected chi connectivity index (χ2v) is 9.62. The Bertz CT molecular complexity index is 2060. The van der Waals surface area contributed by atoms with Gasteiger partial charge in [0.15, 0.2) is 0 Å². The highest BCUT2D eigenvalue weighted by Crippen LogP contribution is 2.43. The van der Waals surface area contributed by atoms with Crippen molar-refractivity contribution in [2.75, 3.05) is 9.80 Å². The van der Waals surface area contributed by atoms with Crippen LogP contribution in [0.25, 0.3) is 0 Å². The Morgan fingerprint density at radius 3 is 1.38 bits per heavy atom. The van der Waals surface area contributed by atoms with Crippen molar-refractivity contribution in [1.82, 2.24) is 0 Å². The first kappa shape index (κ1) is 33.3. The van der Waals surface area contributed by atoms with Gasteiger partial charge in [-0.05, 0) is 56.7 Å². The molecule has 4 amide bonds. The van der Waals surface area contributed by atoms with Crippen LogP contribution in [-0.4, -0.2) is 42.2 Å². The fraction of sp³-hybridized carbons (Fsp3) is 0.129. The summed E-state index contributed by atoms with van der Waals surface area (Å²) in [5.74, 6) is -4.71. The highest BCUT2D eigenvalue weighted by atomic mass is 16.5. The van der Waals surface area contributed by atoms with Gasteiger partial charge >= 0.3 is 6.03 Å². The highest BCUT2D eigenvalue weighted by Gasteiger charge is 2.49. The van der Waals surface area contributed by atoms with E-state index in [1.54, 1.807) is 0 Å². The zero-order chi connectivity index (χ0) is 35.1. The normalized spacial score (nSPS) is 13.5. The fourth-order valence-corrected chi connectivity index (χ4v) is 4.83. The van der Waals surface area contributed by atoms with Crippen LogP contribution in [0.1, 0.15) is 28.2 Å². The van der Waals surface area contributed by atoms with E-state index in [-0.39, 0.29) is 67.9 Å². The molecule has 0 spiro atoms. The number of aliphatic imine (C=N–C) groups is 4. The molecule has 0 bridgehead atoms. The molecule has 0 N–H and O–H groups in total. The van der Waals surface area contributed by atoms with Crippen molar-refractivity contribution in [3.05, 3.63) is 58.7 Å². The van der Waals surface area contributed by atoms with Gasteiger partial charge in [-0.1, -0.05) is 0 Å². The number of nitrogens with zero attached hydrogens (tertiary/aromatic N) is 8. The zero-order valence-electron chi connectivity index (χ0n) is 24.8. The van der Waals surface area contributed by atoms with E-state index in [0.717, 1.165) is 36.4 Å². The molecule has 0 aliphatic carbocycles. The number of ether oxygens (including phenoxy) is 2. The molecule has 1 aliphatic heterocycles. The number of benzene rings is 3. The van der Waals surface area contributed by atoms with Gasteiger partial charge in [0.25, 0.3) is 24.3 Å². The van der Waals surface area contributed by atoms with Crippen LogP contribution in [-0.2, 0) is 28.8 Å². The first-order valence-corrected chi connectivity index (χ1v) is 13.2. The number of anilines is 2. The van der Waals surface area contributed by atoms with E-state index in [9.17, 15) is 44.1 Å². The second-order valence-electron chi connectivity index (χ2n) is 9.62. The summed E-state index contributed by atoms with van der Waals surface area (Å²) in [4.78, 5) is 103. The van der Waals surface area contributed by atoms with Gasteiger partial charge in [-0.3, -0.25) is 9.59 Å². The summed E-state index contributed by atoms with van der Waals surface area (Å²) in [6.07, 6.45) is 8.21. The van der Waals surface area contributed by atoms with Crippen molar-refractivity contribution in [2.45, 2.75) is 26.7 Å². The molecule has 1 heterocycles. The summed E-state index contributed by atoms with van der Waals surface area (Å²) < 4.78 is 9.93. The minimum Gasteiger partial charge on any atom is -0.388 e. The summed E-state index contributed by atoms with van der Waals surface area (Å²) in [5, 5.41) is 18.4. The van der Waals surface area contributed by atoms with Crippen LogP contribution >= 0.6 is 0 Å². The molecule has 3 aromatic carbocycles. The van der Waals surface area contributed by atoms with E-state index in [4.69, 9.17) is 9.47 Å². The van der Waals surface area contributed by atoms with Crippen molar-refractivity contribution in [1.29, 1.82) is 10.5 Å². The van der Waals surface area contributed by atoms with Crippen molar-refractivity contribution in [3.8, 4) is 24.0 Å². The molecule has 48 heavy (non-hydrogen) atoms. The van der Waals surface area contributed by atoms with E-state index < -0.39 is 23.8 Å². The molecular formula is C31H16N8O9. The molecular weight excluding hydrogens is 628 g/mol.